The third kappa shape index (κ3) is 7.75. The number of hydrogen-bond acceptors (Lipinski definition) is 0. The van der Waals surface area contributed by atoms with Gasteiger partial charge in [0.25, 0.3) is 0 Å². The summed E-state index contributed by atoms with van der Waals surface area (Å²) in [6.45, 7) is 0. The van der Waals surface area contributed by atoms with Crippen LogP contribution in [-0.2, 0) is 0 Å². The maximum absolute atomic E-state index is 3.40. The Kier molecular flexibility index (Phi) is 9.69. The van der Waals surface area contributed by atoms with Gasteiger partial charge in [-0.05, 0) is 0 Å². The van der Waals surface area contributed by atoms with E-state index in [0.29, 0.717) is 20.9 Å². The Labute approximate surface area is 71.8 Å². The predicted octanol–water partition coefficient (Wildman–Crippen LogP) is 2.32. The normalized spacial score (nSPS) is 9.43. The first-order valence-corrected chi connectivity index (χ1v) is 7.65. The van der Waals surface area contributed by atoms with Crippen LogP contribution in [0.2, 0.25) is 8.94 Å². The Morgan fingerprint density at radius 3 is 1.71 bits per heavy atom. The Bertz CT molecular complexity index is 28.9. The first-order valence-electron chi connectivity index (χ1n) is 2.11. The number of halogens is 2. The summed E-state index contributed by atoms with van der Waals surface area (Å²) in [4.78, 5) is 0. The molecule has 7 heavy (non-hydrogen) atoms. The molecule has 0 amide bonds. The molecule has 0 radical (unpaired) electrons. The molecule has 0 spiro atoms. The number of rotatable bonds is 4. The zero-order valence-corrected chi connectivity index (χ0v) is 9.49. The van der Waals surface area contributed by atoms with Crippen molar-refractivity contribution in [3.63, 3.8) is 0 Å². The molecule has 0 unspecified atom stereocenters. The van der Waals surface area contributed by atoms with Crippen molar-refractivity contribution in [2.24, 2.45) is 0 Å². The molecule has 0 aromatic carbocycles. The molecule has 3 heteroatoms. The first kappa shape index (κ1) is 8.75. The average Bonchev–Trinajstić information content (AvgIpc) is 1.69. The summed E-state index contributed by atoms with van der Waals surface area (Å²) >= 11 is 7.18. The summed E-state index contributed by atoms with van der Waals surface area (Å²) in [7, 11) is 0. The Hall–Kier alpha value is 1.75. The molecule has 0 atom stereocenters. The summed E-state index contributed by atoms with van der Waals surface area (Å²) in [6, 6.07) is 0. The molecular weight excluding hydrogens is 335 g/mol. The van der Waals surface area contributed by atoms with Gasteiger partial charge in [-0.3, -0.25) is 0 Å². The molecule has 0 bridgehead atoms. The van der Waals surface area contributed by atoms with Gasteiger partial charge < -0.3 is 0 Å². The van der Waals surface area contributed by atoms with E-state index >= 15 is 0 Å². The van der Waals surface area contributed by atoms with Gasteiger partial charge in [0.1, 0.15) is 0 Å². The summed E-state index contributed by atoms with van der Waals surface area (Å²) < 4.78 is 2.88. The maximum atomic E-state index is 3.40. The van der Waals surface area contributed by atoms with E-state index in [0.717, 1.165) is 0 Å². The third-order valence-electron chi connectivity index (χ3n) is 0.443. The molecule has 0 aliphatic rings. The fraction of sp³-hybridized carbons (Fsp3) is 1.00. The van der Waals surface area contributed by atoms with Gasteiger partial charge in [0, 0.05) is 0 Å². The summed E-state index contributed by atoms with van der Waals surface area (Å²) in [5.41, 5.74) is 0. The van der Waals surface area contributed by atoms with Crippen LogP contribution in [0.15, 0.2) is 0 Å². The van der Waals surface area contributed by atoms with E-state index in [1.807, 2.05) is 0 Å². The van der Waals surface area contributed by atoms with Crippen LogP contribution in [0.25, 0.3) is 0 Å². The fourth-order valence-corrected chi connectivity index (χ4v) is 4.49. The van der Waals surface area contributed by atoms with E-state index in [1.54, 1.807) is 0 Å². The Balaban J connectivity index is 2.45. The van der Waals surface area contributed by atoms with Gasteiger partial charge in [0.2, 0.25) is 0 Å². The SMILES string of the molecule is BrCC[Te]CCBr. The minimum absolute atomic E-state index is 0.383. The standard InChI is InChI=1S/C4H8Br2Te/c5-1-3-7-4-2-6/h1-4H2. The van der Waals surface area contributed by atoms with E-state index in [2.05, 4.69) is 31.9 Å². The van der Waals surface area contributed by atoms with Gasteiger partial charge in [-0.2, -0.15) is 0 Å². The van der Waals surface area contributed by atoms with Crippen LogP contribution >= 0.6 is 31.9 Å². The molecule has 0 saturated carbocycles. The van der Waals surface area contributed by atoms with Gasteiger partial charge in [-0.15, -0.1) is 0 Å². The van der Waals surface area contributed by atoms with Gasteiger partial charge >= 0.3 is 72.4 Å². The molecule has 0 saturated heterocycles. The predicted molar refractivity (Wildman–Crippen MR) is 43.0 cm³/mol. The van der Waals surface area contributed by atoms with Gasteiger partial charge in [0.05, 0.1) is 0 Å². The first-order chi connectivity index (χ1) is 3.41. The topological polar surface area (TPSA) is 0 Å². The quantitative estimate of drug-likeness (QED) is 0.417. The van der Waals surface area contributed by atoms with Gasteiger partial charge in [-0.1, -0.05) is 0 Å². The van der Waals surface area contributed by atoms with Crippen molar-refractivity contribution in [2.75, 3.05) is 10.7 Å². The Morgan fingerprint density at radius 2 is 1.43 bits per heavy atom. The monoisotopic (exact) mass is 344 g/mol. The van der Waals surface area contributed by atoms with Crippen LogP contribution in [-0.4, -0.2) is 31.6 Å². The van der Waals surface area contributed by atoms with Crippen molar-refractivity contribution in [1.29, 1.82) is 0 Å². The minimum atomic E-state index is 0.383. The summed E-state index contributed by atoms with van der Waals surface area (Å²) in [5, 5.41) is 2.42. The van der Waals surface area contributed by atoms with Crippen molar-refractivity contribution >= 4 is 52.8 Å². The van der Waals surface area contributed by atoms with Crippen LogP contribution in [0.3, 0.4) is 0 Å². The van der Waals surface area contributed by atoms with Crippen molar-refractivity contribution in [3.8, 4) is 0 Å². The average molecular weight is 344 g/mol. The Morgan fingerprint density at radius 1 is 1.00 bits per heavy atom. The van der Waals surface area contributed by atoms with Crippen LogP contribution < -0.4 is 0 Å². The molecule has 0 N–H and O–H groups in total. The third-order valence-corrected chi connectivity index (χ3v) is 7.32. The van der Waals surface area contributed by atoms with Gasteiger partial charge in [0.15, 0.2) is 0 Å². The molecular formula is C4H8Br2Te. The number of alkyl halides is 2. The summed E-state index contributed by atoms with van der Waals surface area (Å²) in [5.74, 6) is 0. The molecule has 0 aliphatic heterocycles. The van der Waals surface area contributed by atoms with E-state index in [1.165, 1.54) is 19.6 Å². The zero-order valence-electron chi connectivity index (χ0n) is 3.99. The molecule has 0 aliphatic carbocycles. The molecule has 0 fully saturated rings. The second-order valence-electron chi connectivity index (χ2n) is 0.990. The fourth-order valence-electron chi connectivity index (χ4n) is 0.211. The molecule has 0 rings (SSSR count). The van der Waals surface area contributed by atoms with Crippen LogP contribution in [0, 0.1) is 0 Å². The van der Waals surface area contributed by atoms with Crippen molar-refractivity contribution in [2.45, 2.75) is 8.94 Å². The van der Waals surface area contributed by atoms with Crippen LogP contribution in [0.1, 0.15) is 0 Å². The van der Waals surface area contributed by atoms with Crippen molar-refractivity contribution < 1.29 is 0 Å². The summed E-state index contributed by atoms with van der Waals surface area (Å²) in [6.07, 6.45) is 0. The van der Waals surface area contributed by atoms with Crippen molar-refractivity contribution in [1.82, 2.24) is 0 Å². The van der Waals surface area contributed by atoms with Crippen LogP contribution in [0.4, 0.5) is 0 Å². The van der Waals surface area contributed by atoms with E-state index in [-0.39, 0.29) is 0 Å². The van der Waals surface area contributed by atoms with Crippen molar-refractivity contribution in [3.05, 3.63) is 0 Å². The van der Waals surface area contributed by atoms with E-state index < -0.39 is 0 Å². The molecule has 0 heterocycles. The molecule has 0 aromatic heterocycles. The number of hydrogen-bond donors (Lipinski definition) is 0. The second kappa shape index (κ2) is 7.75. The molecule has 0 nitrogen and oxygen atoms in total. The molecule has 44 valence electrons. The van der Waals surface area contributed by atoms with Gasteiger partial charge in [-0.25, -0.2) is 0 Å². The zero-order chi connectivity index (χ0) is 5.54. The van der Waals surface area contributed by atoms with E-state index in [9.17, 15) is 0 Å². The van der Waals surface area contributed by atoms with E-state index in [4.69, 9.17) is 0 Å². The molecule has 0 aromatic rings. The van der Waals surface area contributed by atoms with Crippen LogP contribution in [0.5, 0.6) is 0 Å². The second-order valence-corrected chi connectivity index (χ2v) is 6.07.